The molecular weight excluding hydrogens is 340 g/mol. The van der Waals surface area contributed by atoms with Gasteiger partial charge in [-0.1, -0.05) is 18.2 Å². The molecule has 0 aliphatic heterocycles. The molecular formula is C14H14N2O7S. The summed E-state index contributed by atoms with van der Waals surface area (Å²) in [6.45, 7) is -0.249. The fourth-order valence-corrected chi connectivity index (χ4v) is 2.30. The van der Waals surface area contributed by atoms with E-state index in [2.05, 4.69) is 4.84 Å². The molecule has 0 aliphatic rings. The molecule has 0 saturated carbocycles. The van der Waals surface area contributed by atoms with E-state index in [-0.39, 0.29) is 22.8 Å². The van der Waals surface area contributed by atoms with Crippen molar-refractivity contribution in [2.75, 3.05) is 0 Å². The lowest BCUT2D eigenvalue weighted by atomic mass is 10.2. The van der Waals surface area contributed by atoms with E-state index in [0.29, 0.717) is 5.56 Å². The third-order valence-corrected chi connectivity index (χ3v) is 3.86. The fourth-order valence-electron chi connectivity index (χ4n) is 1.79. The van der Waals surface area contributed by atoms with Crippen LogP contribution >= 0.6 is 0 Å². The number of hydrogen-bond acceptors (Lipinski definition) is 8. The topological polar surface area (TPSA) is 139 Å². The van der Waals surface area contributed by atoms with Gasteiger partial charge in [0.15, 0.2) is 0 Å². The molecule has 0 atom stereocenters. The number of primary sulfonamides is 1. The van der Waals surface area contributed by atoms with Crippen LogP contribution in [-0.2, 0) is 21.5 Å². The van der Waals surface area contributed by atoms with E-state index in [1.165, 1.54) is 30.3 Å². The third kappa shape index (κ3) is 4.83. The Morgan fingerprint density at radius 1 is 1.08 bits per heavy atom. The standard InChI is InChI=1S/C14H14N2O7S/c15-24(20,21)12-7-5-10(6-8-12)14(17)23-13-4-2-1-3-11(13)9-22-16(18)19/h1-8,18-19H,9H2,(H2,15,20,21). The van der Waals surface area contributed by atoms with Crippen LogP contribution in [0.25, 0.3) is 0 Å². The predicted octanol–water partition coefficient (Wildman–Crippen LogP) is 1.07. The average Bonchev–Trinajstić information content (AvgIpc) is 2.53. The maximum absolute atomic E-state index is 12.1. The Hall–Kier alpha value is -2.34. The summed E-state index contributed by atoms with van der Waals surface area (Å²) in [4.78, 5) is 16.5. The molecule has 9 nitrogen and oxygen atoms in total. The Morgan fingerprint density at radius 2 is 1.71 bits per heavy atom. The Morgan fingerprint density at radius 3 is 2.29 bits per heavy atom. The van der Waals surface area contributed by atoms with Gasteiger partial charge in [0.1, 0.15) is 12.4 Å². The summed E-state index contributed by atoms with van der Waals surface area (Å²) in [5.74, 6) is -0.576. The van der Waals surface area contributed by atoms with Gasteiger partial charge in [0.05, 0.1) is 15.8 Å². The second kappa shape index (κ2) is 7.49. The smallest absolute Gasteiger partial charge is 0.343 e. The quantitative estimate of drug-likeness (QED) is 0.397. The predicted molar refractivity (Wildman–Crippen MR) is 79.4 cm³/mol. The van der Waals surface area contributed by atoms with Gasteiger partial charge in [-0.2, -0.15) is 0 Å². The van der Waals surface area contributed by atoms with Crippen molar-refractivity contribution in [3.8, 4) is 5.75 Å². The van der Waals surface area contributed by atoms with E-state index in [1.54, 1.807) is 18.2 Å². The van der Waals surface area contributed by atoms with E-state index in [1.807, 2.05) is 0 Å². The average molecular weight is 354 g/mol. The van der Waals surface area contributed by atoms with Gasteiger partial charge < -0.3 is 4.74 Å². The second-order valence-corrected chi connectivity index (χ2v) is 6.15. The van der Waals surface area contributed by atoms with E-state index < -0.39 is 21.4 Å². The summed E-state index contributed by atoms with van der Waals surface area (Å²) in [5, 5.41) is 21.6. The number of carbonyl (C=O) groups is 1. The Balaban J connectivity index is 2.15. The van der Waals surface area contributed by atoms with E-state index in [9.17, 15) is 13.2 Å². The molecule has 0 amide bonds. The minimum Gasteiger partial charge on any atom is -0.423 e. The number of carbonyl (C=O) groups excluding carboxylic acids is 1. The van der Waals surface area contributed by atoms with E-state index >= 15 is 0 Å². The zero-order valence-corrected chi connectivity index (χ0v) is 13.0. The first-order valence-corrected chi connectivity index (χ1v) is 8.06. The van der Waals surface area contributed by atoms with E-state index in [0.717, 1.165) is 0 Å². The van der Waals surface area contributed by atoms with Crippen LogP contribution in [0.2, 0.25) is 0 Å². The molecule has 10 heteroatoms. The molecule has 0 spiro atoms. The molecule has 128 valence electrons. The van der Waals surface area contributed by atoms with Crippen LogP contribution in [0.4, 0.5) is 0 Å². The summed E-state index contributed by atoms with van der Waals surface area (Å²) in [6.07, 6.45) is 0. The van der Waals surface area contributed by atoms with Gasteiger partial charge in [-0.15, -0.1) is 0 Å². The lowest BCUT2D eigenvalue weighted by Crippen LogP contribution is -2.15. The summed E-state index contributed by atoms with van der Waals surface area (Å²) in [7, 11) is -3.85. The fraction of sp³-hybridized carbons (Fsp3) is 0.0714. The number of rotatable bonds is 6. The van der Waals surface area contributed by atoms with Crippen molar-refractivity contribution < 1.29 is 33.2 Å². The number of hydrogen-bond donors (Lipinski definition) is 3. The molecule has 0 bridgehead atoms. The Kier molecular flexibility index (Phi) is 5.62. The summed E-state index contributed by atoms with van der Waals surface area (Å²) < 4.78 is 27.6. The maximum Gasteiger partial charge on any atom is 0.343 e. The zero-order chi connectivity index (χ0) is 17.7. The third-order valence-electron chi connectivity index (χ3n) is 2.93. The first kappa shape index (κ1) is 18.0. The Bertz CT molecular complexity index is 819. The number of nitrogens with two attached hydrogens (primary N) is 1. The molecule has 0 aliphatic carbocycles. The molecule has 2 aromatic carbocycles. The van der Waals surface area contributed by atoms with Crippen LogP contribution in [0.3, 0.4) is 0 Å². The highest BCUT2D eigenvalue weighted by molar-refractivity contribution is 7.89. The van der Waals surface area contributed by atoms with Gasteiger partial charge in [0, 0.05) is 5.56 Å². The molecule has 2 aromatic rings. The number of nitrogens with zero attached hydrogens (tertiary/aromatic N) is 1. The summed E-state index contributed by atoms with van der Waals surface area (Å²) in [5.41, 5.74) is 0.504. The van der Waals surface area contributed by atoms with Gasteiger partial charge in [0.2, 0.25) is 10.0 Å². The Labute approximate surface area is 137 Å². The zero-order valence-electron chi connectivity index (χ0n) is 12.2. The molecule has 4 N–H and O–H groups in total. The first-order valence-electron chi connectivity index (χ1n) is 6.51. The van der Waals surface area contributed by atoms with Gasteiger partial charge in [-0.3, -0.25) is 10.4 Å². The van der Waals surface area contributed by atoms with Crippen molar-refractivity contribution in [3.05, 3.63) is 59.7 Å². The molecule has 24 heavy (non-hydrogen) atoms. The van der Waals surface area contributed by atoms with Gasteiger partial charge >= 0.3 is 5.97 Å². The maximum atomic E-state index is 12.1. The lowest BCUT2D eigenvalue weighted by molar-refractivity contribution is -0.497. The normalized spacial score (nSPS) is 11.5. The SMILES string of the molecule is NS(=O)(=O)c1ccc(C(=O)Oc2ccccc2CON(O)O)cc1. The van der Waals surface area contributed by atoms with Crippen LogP contribution in [0, 0.1) is 0 Å². The monoisotopic (exact) mass is 354 g/mol. The number of ether oxygens (including phenoxy) is 1. The largest absolute Gasteiger partial charge is 0.423 e. The first-order chi connectivity index (χ1) is 11.3. The minimum absolute atomic E-state index is 0.115. The summed E-state index contributed by atoms with van der Waals surface area (Å²) in [6, 6.07) is 11.2. The van der Waals surface area contributed by atoms with Crippen LogP contribution in [-0.4, -0.2) is 30.2 Å². The van der Waals surface area contributed by atoms with Crippen molar-refractivity contribution in [2.45, 2.75) is 11.5 Å². The minimum atomic E-state index is -3.85. The second-order valence-electron chi connectivity index (χ2n) is 4.59. The van der Waals surface area contributed by atoms with Crippen molar-refractivity contribution in [2.24, 2.45) is 5.14 Å². The summed E-state index contributed by atoms with van der Waals surface area (Å²) >= 11 is 0. The highest BCUT2D eigenvalue weighted by Crippen LogP contribution is 2.21. The van der Waals surface area contributed by atoms with Gasteiger partial charge in [0.25, 0.3) is 0 Å². The van der Waals surface area contributed by atoms with Gasteiger partial charge in [-0.25, -0.2) is 23.2 Å². The van der Waals surface area contributed by atoms with Crippen LogP contribution < -0.4 is 9.88 Å². The molecule has 0 radical (unpaired) electrons. The van der Waals surface area contributed by atoms with Crippen LogP contribution in [0.5, 0.6) is 5.75 Å². The number of para-hydroxylation sites is 1. The van der Waals surface area contributed by atoms with E-state index in [4.69, 9.17) is 20.3 Å². The number of esters is 1. The molecule has 0 unspecified atom stereocenters. The molecule has 0 saturated heterocycles. The van der Waals surface area contributed by atoms with Crippen molar-refractivity contribution in [1.82, 2.24) is 5.39 Å². The molecule has 2 rings (SSSR count). The van der Waals surface area contributed by atoms with Crippen LogP contribution in [0.15, 0.2) is 53.4 Å². The van der Waals surface area contributed by atoms with Crippen LogP contribution in [0.1, 0.15) is 15.9 Å². The lowest BCUT2D eigenvalue weighted by Gasteiger charge is -2.11. The number of sulfonamides is 1. The highest BCUT2D eigenvalue weighted by atomic mass is 32.2. The molecule has 0 fully saturated rings. The van der Waals surface area contributed by atoms with Crippen molar-refractivity contribution >= 4 is 16.0 Å². The van der Waals surface area contributed by atoms with Crippen molar-refractivity contribution in [1.29, 1.82) is 0 Å². The van der Waals surface area contributed by atoms with Gasteiger partial charge in [-0.05, 0) is 30.3 Å². The molecule has 0 heterocycles. The molecule has 0 aromatic heterocycles. The van der Waals surface area contributed by atoms with Crippen molar-refractivity contribution in [3.63, 3.8) is 0 Å². The number of benzene rings is 2. The highest BCUT2D eigenvalue weighted by Gasteiger charge is 2.14.